The van der Waals surface area contributed by atoms with Crippen molar-refractivity contribution in [3.8, 4) is 0 Å². The summed E-state index contributed by atoms with van der Waals surface area (Å²) in [7, 11) is 3.78. The molecule has 152 valence electrons. The monoisotopic (exact) mass is 375 g/mol. The van der Waals surface area contributed by atoms with E-state index in [1.165, 1.54) is 32.2 Å². The lowest BCUT2D eigenvalue weighted by Crippen LogP contribution is -2.51. The van der Waals surface area contributed by atoms with Gasteiger partial charge in [0.25, 0.3) is 0 Å². The highest BCUT2D eigenvalue weighted by Gasteiger charge is 2.35. The Bertz CT molecular complexity index is 296. The SMILES string of the molecule is CCCN(C)CCCN(CCCNC(C)CC)C[Si](CC)(OC)OC. The molecule has 0 saturated carbocycles. The van der Waals surface area contributed by atoms with Gasteiger partial charge in [0, 0.05) is 26.4 Å². The van der Waals surface area contributed by atoms with E-state index < -0.39 is 8.56 Å². The molecule has 25 heavy (non-hydrogen) atoms. The van der Waals surface area contributed by atoms with Gasteiger partial charge in [-0.2, -0.15) is 0 Å². The van der Waals surface area contributed by atoms with Crippen molar-refractivity contribution in [3.63, 3.8) is 0 Å². The maximum Gasteiger partial charge on any atom is 0.351 e. The van der Waals surface area contributed by atoms with Crippen molar-refractivity contribution in [2.24, 2.45) is 0 Å². The predicted molar refractivity (Wildman–Crippen MR) is 111 cm³/mol. The second-order valence-electron chi connectivity index (χ2n) is 7.22. The summed E-state index contributed by atoms with van der Waals surface area (Å²) in [5.41, 5.74) is 0. The predicted octanol–water partition coefficient (Wildman–Crippen LogP) is 3.09. The topological polar surface area (TPSA) is 37.0 Å². The normalized spacial score (nSPS) is 13.8. The van der Waals surface area contributed by atoms with E-state index in [-0.39, 0.29) is 0 Å². The standard InChI is InChI=1S/C19H45N3O2Si/c1-8-14-21(5)15-12-17-22(16-11-13-20-19(4)9-2)18-25(10-3,23-6)24-7/h19-20H,8-18H2,1-7H3. The van der Waals surface area contributed by atoms with Gasteiger partial charge in [0.2, 0.25) is 0 Å². The van der Waals surface area contributed by atoms with E-state index in [9.17, 15) is 0 Å². The van der Waals surface area contributed by atoms with E-state index in [4.69, 9.17) is 8.85 Å². The molecule has 0 aromatic rings. The van der Waals surface area contributed by atoms with E-state index in [2.05, 4.69) is 49.9 Å². The van der Waals surface area contributed by atoms with Gasteiger partial charge in [-0.3, -0.25) is 0 Å². The maximum absolute atomic E-state index is 5.84. The molecule has 0 aliphatic carbocycles. The smallest absolute Gasteiger partial charge is 0.351 e. The van der Waals surface area contributed by atoms with Gasteiger partial charge in [0.1, 0.15) is 0 Å². The van der Waals surface area contributed by atoms with E-state index in [0.29, 0.717) is 6.04 Å². The second-order valence-corrected chi connectivity index (χ2v) is 10.9. The Labute approximate surface area is 158 Å². The molecule has 1 N–H and O–H groups in total. The van der Waals surface area contributed by atoms with Crippen LogP contribution in [0.1, 0.15) is 53.4 Å². The lowest BCUT2D eigenvalue weighted by molar-refractivity contribution is 0.195. The summed E-state index contributed by atoms with van der Waals surface area (Å²) < 4.78 is 11.7. The van der Waals surface area contributed by atoms with Crippen LogP contribution in [-0.4, -0.2) is 84.6 Å². The van der Waals surface area contributed by atoms with Crippen LogP contribution in [0.15, 0.2) is 0 Å². The van der Waals surface area contributed by atoms with Crippen LogP contribution in [0.3, 0.4) is 0 Å². The summed E-state index contributed by atoms with van der Waals surface area (Å²) in [4.78, 5) is 5.00. The zero-order valence-electron chi connectivity index (χ0n) is 18.1. The summed E-state index contributed by atoms with van der Waals surface area (Å²) >= 11 is 0. The molecule has 0 spiro atoms. The molecular formula is C19H45N3O2Si. The molecule has 0 aliphatic rings. The van der Waals surface area contributed by atoms with Gasteiger partial charge in [0.15, 0.2) is 0 Å². The number of hydrogen-bond acceptors (Lipinski definition) is 5. The van der Waals surface area contributed by atoms with Gasteiger partial charge < -0.3 is 24.0 Å². The summed E-state index contributed by atoms with van der Waals surface area (Å²) in [6, 6.07) is 1.61. The van der Waals surface area contributed by atoms with Crippen LogP contribution >= 0.6 is 0 Å². The molecule has 0 amide bonds. The minimum absolute atomic E-state index is 0.609. The molecular weight excluding hydrogens is 330 g/mol. The van der Waals surface area contributed by atoms with Crippen molar-refractivity contribution in [2.75, 3.05) is 60.2 Å². The van der Waals surface area contributed by atoms with Crippen molar-refractivity contribution in [3.05, 3.63) is 0 Å². The average molecular weight is 376 g/mol. The third kappa shape index (κ3) is 11.4. The van der Waals surface area contributed by atoms with Gasteiger partial charge in [-0.25, -0.2) is 0 Å². The van der Waals surface area contributed by atoms with Crippen LogP contribution in [0.2, 0.25) is 6.04 Å². The van der Waals surface area contributed by atoms with Crippen LogP contribution < -0.4 is 5.32 Å². The summed E-state index contributed by atoms with van der Waals surface area (Å²) in [6.07, 6.45) is 5.76. The fourth-order valence-electron chi connectivity index (χ4n) is 3.08. The van der Waals surface area contributed by atoms with Crippen LogP contribution in [0.4, 0.5) is 0 Å². The first-order valence-electron chi connectivity index (χ1n) is 10.2. The highest BCUT2D eigenvalue weighted by atomic mass is 28.4. The van der Waals surface area contributed by atoms with Crippen LogP contribution in [-0.2, 0) is 8.85 Å². The summed E-state index contributed by atoms with van der Waals surface area (Å²) in [5, 5.41) is 3.60. The second kappa shape index (κ2) is 15.1. The summed E-state index contributed by atoms with van der Waals surface area (Å²) in [6.45, 7) is 14.6. The minimum Gasteiger partial charge on any atom is -0.397 e. The number of nitrogens with zero attached hydrogens (tertiary/aromatic N) is 2. The molecule has 0 rings (SSSR count). The van der Waals surface area contributed by atoms with Gasteiger partial charge in [-0.1, -0.05) is 20.8 Å². The first-order valence-corrected chi connectivity index (χ1v) is 12.4. The third-order valence-corrected chi connectivity index (χ3v) is 8.62. The quantitative estimate of drug-likeness (QED) is 0.312. The third-order valence-electron chi connectivity index (χ3n) is 5.12. The fourth-order valence-corrected chi connectivity index (χ4v) is 5.30. The van der Waals surface area contributed by atoms with Crippen LogP contribution in [0, 0.1) is 0 Å². The van der Waals surface area contributed by atoms with E-state index >= 15 is 0 Å². The average Bonchev–Trinajstić information content (AvgIpc) is 2.62. The van der Waals surface area contributed by atoms with Crippen molar-refractivity contribution in [1.82, 2.24) is 15.1 Å². The Morgan fingerprint density at radius 3 is 2.12 bits per heavy atom. The highest BCUT2D eigenvalue weighted by Crippen LogP contribution is 2.14. The van der Waals surface area contributed by atoms with E-state index in [1.54, 1.807) is 0 Å². The molecule has 6 heteroatoms. The number of rotatable bonds is 17. The maximum atomic E-state index is 5.84. The number of nitrogens with one attached hydrogen (secondary N) is 1. The van der Waals surface area contributed by atoms with Gasteiger partial charge >= 0.3 is 8.56 Å². The molecule has 0 aromatic carbocycles. The Morgan fingerprint density at radius 1 is 0.960 bits per heavy atom. The molecule has 0 heterocycles. The molecule has 0 aliphatic heterocycles. The first kappa shape index (κ1) is 25.0. The van der Waals surface area contributed by atoms with Gasteiger partial charge in [-0.05, 0) is 78.4 Å². The molecule has 0 saturated heterocycles. The fraction of sp³-hybridized carbons (Fsp3) is 1.00. The molecule has 0 fully saturated rings. The molecule has 0 radical (unpaired) electrons. The van der Waals surface area contributed by atoms with Gasteiger partial charge in [-0.15, -0.1) is 0 Å². The van der Waals surface area contributed by atoms with Gasteiger partial charge in [0.05, 0.1) is 0 Å². The van der Waals surface area contributed by atoms with Crippen LogP contribution in [0.25, 0.3) is 0 Å². The molecule has 5 nitrogen and oxygen atoms in total. The van der Waals surface area contributed by atoms with Crippen LogP contribution in [0.5, 0.6) is 0 Å². The molecule has 0 bridgehead atoms. The Hall–Kier alpha value is 0.0169. The lowest BCUT2D eigenvalue weighted by atomic mass is 10.2. The Balaban J connectivity index is 4.48. The zero-order valence-corrected chi connectivity index (χ0v) is 19.1. The first-order chi connectivity index (χ1) is 12.0. The Morgan fingerprint density at radius 2 is 1.60 bits per heavy atom. The highest BCUT2D eigenvalue weighted by molar-refractivity contribution is 6.67. The largest absolute Gasteiger partial charge is 0.397 e. The molecule has 1 atom stereocenters. The Kier molecular flexibility index (Phi) is 15.1. The van der Waals surface area contributed by atoms with Crippen molar-refractivity contribution in [2.45, 2.75) is 65.5 Å². The van der Waals surface area contributed by atoms with Crippen molar-refractivity contribution < 1.29 is 8.85 Å². The minimum atomic E-state index is -2.07. The van der Waals surface area contributed by atoms with Crippen molar-refractivity contribution >= 4 is 8.56 Å². The number of hydrogen-bond donors (Lipinski definition) is 1. The molecule has 0 aromatic heterocycles. The van der Waals surface area contributed by atoms with E-state index in [0.717, 1.165) is 38.4 Å². The zero-order chi connectivity index (χ0) is 19.1. The summed E-state index contributed by atoms with van der Waals surface area (Å²) in [5.74, 6) is 0. The molecule has 1 unspecified atom stereocenters. The van der Waals surface area contributed by atoms with Crippen molar-refractivity contribution in [1.29, 1.82) is 0 Å². The lowest BCUT2D eigenvalue weighted by Gasteiger charge is -2.33. The van der Waals surface area contributed by atoms with E-state index in [1.807, 2.05) is 14.2 Å².